The maximum Gasteiger partial charge on any atom is 0.244 e. The lowest BCUT2D eigenvalue weighted by Gasteiger charge is -2.32. The number of carbonyl (C=O) groups is 1. The lowest BCUT2D eigenvalue weighted by Crippen LogP contribution is -2.46. The Balaban J connectivity index is 1.77. The van der Waals surface area contributed by atoms with Gasteiger partial charge in [-0.25, -0.2) is 13.4 Å². The van der Waals surface area contributed by atoms with Gasteiger partial charge < -0.3 is 9.88 Å². The van der Waals surface area contributed by atoms with E-state index in [9.17, 15) is 13.2 Å². The molecule has 0 aromatic carbocycles. The van der Waals surface area contributed by atoms with Crippen LogP contribution in [0.5, 0.6) is 0 Å². The Morgan fingerprint density at radius 2 is 2.21 bits per heavy atom. The maximum atomic E-state index is 12.6. The van der Waals surface area contributed by atoms with E-state index in [1.807, 2.05) is 6.07 Å². The monoisotopic (exact) mass is 349 g/mol. The van der Waals surface area contributed by atoms with Crippen LogP contribution in [0.2, 0.25) is 0 Å². The minimum Gasteiger partial charge on any atom is -0.350 e. The molecule has 24 heavy (non-hydrogen) atoms. The number of fused-ring (bicyclic) bond motifs is 1. The minimum atomic E-state index is -3.37. The van der Waals surface area contributed by atoms with Gasteiger partial charge in [-0.1, -0.05) is 6.07 Å². The lowest BCUT2D eigenvalue weighted by atomic mass is 10.2. The zero-order valence-electron chi connectivity index (χ0n) is 13.3. The fraction of sp³-hybridized carbons (Fsp3) is 0.400. The first-order valence-corrected chi connectivity index (χ1v) is 9.27. The number of imidazole rings is 1. The fourth-order valence-corrected chi connectivity index (χ4v) is 3.74. The number of aromatic nitrogens is 3. The summed E-state index contributed by atoms with van der Waals surface area (Å²) in [6.07, 6.45) is 6.51. The van der Waals surface area contributed by atoms with E-state index in [0.717, 1.165) is 5.56 Å². The first kappa shape index (κ1) is 16.6. The molecule has 1 aliphatic rings. The highest BCUT2D eigenvalue weighted by atomic mass is 32.2. The van der Waals surface area contributed by atoms with Crippen molar-refractivity contribution in [3.05, 3.63) is 48.3 Å². The Labute approximate surface area is 140 Å². The second kappa shape index (κ2) is 6.70. The fourth-order valence-electron chi connectivity index (χ4n) is 2.67. The Kier molecular flexibility index (Phi) is 4.63. The Morgan fingerprint density at radius 3 is 2.92 bits per heavy atom. The van der Waals surface area contributed by atoms with E-state index in [2.05, 4.69) is 15.3 Å². The molecule has 128 valence electrons. The number of pyridine rings is 1. The van der Waals surface area contributed by atoms with Gasteiger partial charge in [0.1, 0.15) is 6.04 Å². The number of nitrogens with one attached hydrogen (secondary N) is 1. The van der Waals surface area contributed by atoms with Gasteiger partial charge in [-0.15, -0.1) is 0 Å². The third kappa shape index (κ3) is 3.31. The van der Waals surface area contributed by atoms with Gasteiger partial charge in [0.15, 0.2) is 0 Å². The van der Waals surface area contributed by atoms with Crippen LogP contribution in [0.1, 0.15) is 24.2 Å². The van der Waals surface area contributed by atoms with Crippen LogP contribution in [0.15, 0.2) is 37.1 Å². The number of sulfonamides is 1. The molecule has 2 aromatic heterocycles. The summed E-state index contributed by atoms with van der Waals surface area (Å²) in [6.45, 7) is 2.29. The highest BCUT2D eigenvalue weighted by molar-refractivity contribution is 7.89. The van der Waals surface area contributed by atoms with Gasteiger partial charge in [0, 0.05) is 31.7 Å². The van der Waals surface area contributed by atoms with Gasteiger partial charge in [-0.3, -0.25) is 9.78 Å². The molecule has 0 saturated heterocycles. The molecule has 9 heteroatoms. The van der Waals surface area contributed by atoms with Crippen molar-refractivity contribution in [2.24, 2.45) is 0 Å². The molecule has 0 unspecified atom stereocenters. The van der Waals surface area contributed by atoms with Crippen molar-refractivity contribution in [1.82, 2.24) is 24.2 Å². The number of carbonyl (C=O) groups excluding carboxylic acids is 1. The molecule has 3 rings (SSSR count). The van der Waals surface area contributed by atoms with Crippen LogP contribution in [0.4, 0.5) is 0 Å². The molecule has 0 fully saturated rings. The molecule has 0 aliphatic carbocycles. The van der Waals surface area contributed by atoms with Crippen LogP contribution in [0, 0.1) is 0 Å². The molecule has 2 aromatic rings. The Bertz CT molecular complexity index is 819. The average Bonchev–Trinajstić information content (AvgIpc) is 3.08. The SMILES string of the molecule is CCS(=O)(=O)N1Cc2cncn2[C@@H](C(=O)NCc2cccnc2)C1. The highest BCUT2D eigenvalue weighted by Crippen LogP contribution is 2.23. The topological polar surface area (TPSA) is 97.2 Å². The molecule has 1 amide bonds. The predicted molar refractivity (Wildman–Crippen MR) is 87.2 cm³/mol. The zero-order chi connectivity index (χ0) is 17.2. The number of rotatable bonds is 5. The minimum absolute atomic E-state index is 0.00512. The number of hydrogen-bond donors (Lipinski definition) is 1. The van der Waals surface area contributed by atoms with Crippen LogP contribution in [0.3, 0.4) is 0 Å². The Morgan fingerprint density at radius 1 is 1.38 bits per heavy atom. The van der Waals surface area contributed by atoms with Crippen LogP contribution >= 0.6 is 0 Å². The molecular weight excluding hydrogens is 330 g/mol. The van der Waals surface area contributed by atoms with Crippen molar-refractivity contribution in [1.29, 1.82) is 0 Å². The molecule has 1 N–H and O–H groups in total. The van der Waals surface area contributed by atoms with Crippen LogP contribution in [-0.4, -0.2) is 45.5 Å². The predicted octanol–water partition coefficient (Wildman–Crippen LogP) is 0.301. The number of hydrogen-bond acceptors (Lipinski definition) is 5. The second-order valence-electron chi connectivity index (χ2n) is 5.58. The van der Waals surface area contributed by atoms with Crippen molar-refractivity contribution in [2.75, 3.05) is 12.3 Å². The molecule has 0 spiro atoms. The van der Waals surface area contributed by atoms with E-state index >= 15 is 0 Å². The quantitative estimate of drug-likeness (QED) is 0.837. The van der Waals surface area contributed by atoms with Crippen LogP contribution in [0.25, 0.3) is 0 Å². The summed E-state index contributed by atoms with van der Waals surface area (Å²) in [5.41, 5.74) is 1.59. The zero-order valence-corrected chi connectivity index (χ0v) is 14.1. The van der Waals surface area contributed by atoms with Gasteiger partial charge in [0.05, 0.1) is 24.3 Å². The van der Waals surface area contributed by atoms with E-state index in [0.29, 0.717) is 12.2 Å². The molecule has 1 atom stereocenters. The molecule has 0 saturated carbocycles. The molecule has 0 bridgehead atoms. The third-order valence-corrected chi connectivity index (χ3v) is 5.84. The summed E-state index contributed by atoms with van der Waals surface area (Å²) in [6, 6.07) is 3.03. The van der Waals surface area contributed by atoms with Crippen molar-refractivity contribution in [3.8, 4) is 0 Å². The summed E-state index contributed by atoms with van der Waals surface area (Å²) < 4.78 is 27.5. The van der Waals surface area contributed by atoms with Gasteiger partial charge >= 0.3 is 0 Å². The van der Waals surface area contributed by atoms with Gasteiger partial charge in [-0.05, 0) is 18.6 Å². The summed E-state index contributed by atoms with van der Waals surface area (Å²) in [5.74, 6) is -0.236. The van der Waals surface area contributed by atoms with Crippen molar-refractivity contribution in [3.63, 3.8) is 0 Å². The van der Waals surface area contributed by atoms with E-state index < -0.39 is 16.1 Å². The third-order valence-electron chi connectivity index (χ3n) is 4.05. The molecule has 0 radical (unpaired) electrons. The molecular formula is C15H19N5O3S. The van der Waals surface area contributed by atoms with E-state index in [1.165, 1.54) is 4.31 Å². The van der Waals surface area contributed by atoms with E-state index in [-0.39, 0.29) is 24.7 Å². The van der Waals surface area contributed by atoms with Gasteiger partial charge in [0.2, 0.25) is 15.9 Å². The van der Waals surface area contributed by atoms with Gasteiger partial charge in [0.25, 0.3) is 0 Å². The normalized spacial score (nSPS) is 18.1. The average molecular weight is 349 g/mol. The van der Waals surface area contributed by atoms with E-state index in [4.69, 9.17) is 0 Å². The number of nitrogens with zero attached hydrogens (tertiary/aromatic N) is 4. The van der Waals surface area contributed by atoms with Crippen LogP contribution < -0.4 is 5.32 Å². The largest absolute Gasteiger partial charge is 0.350 e. The summed E-state index contributed by atoms with van der Waals surface area (Å²) in [7, 11) is -3.37. The second-order valence-corrected chi connectivity index (χ2v) is 7.84. The first-order chi connectivity index (χ1) is 11.5. The van der Waals surface area contributed by atoms with E-state index in [1.54, 1.807) is 42.5 Å². The van der Waals surface area contributed by atoms with Gasteiger partial charge in [-0.2, -0.15) is 4.31 Å². The molecule has 3 heterocycles. The van der Waals surface area contributed by atoms with Crippen molar-refractivity contribution in [2.45, 2.75) is 26.1 Å². The summed E-state index contributed by atoms with van der Waals surface area (Å²) in [4.78, 5) is 20.6. The number of amides is 1. The highest BCUT2D eigenvalue weighted by Gasteiger charge is 2.34. The van der Waals surface area contributed by atoms with Crippen molar-refractivity contribution >= 4 is 15.9 Å². The first-order valence-electron chi connectivity index (χ1n) is 7.66. The smallest absolute Gasteiger partial charge is 0.244 e. The molecule has 1 aliphatic heterocycles. The maximum absolute atomic E-state index is 12.6. The Hall–Kier alpha value is -2.26. The summed E-state index contributed by atoms with van der Waals surface area (Å²) in [5, 5.41) is 2.84. The van der Waals surface area contributed by atoms with Crippen LogP contribution in [-0.2, 0) is 27.9 Å². The lowest BCUT2D eigenvalue weighted by molar-refractivity contribution is -0.125. The van der Waals surface area contributed by atoms with Crippen molar-refractivity contribution < 1.29 is 13.2 Å². The standard InChI is InChI=1S/C15H19N5O3S/c1-2-24(22,23)19-9-13-8-17-11-20(13)14(10-19)15(21)18-7-12-4-3-5-16-6-12/h3-6,8,11,14H,2,7,9-10H2,1H3,(H,18,21)/t14-/m1/s1. The summed E-state index contributed by atoms with van der Waals surface area (Å²) >= 11 is 0. The molecule has 8 nitrogen and oxygen atoms in total.